The van der Waals surface area contributed by atoms with E-state index < -0.39 is 18.3 Å². The van der Waals surface area contributed by atoms with Crippen molar-refractivity contribution in [2.75, 3.05) is 13.6 Å². The predicted molar refractivity (Wildman–Crippen MR) is 91.1 cm³/mol. The standard InChI is InChI=1S/C16H23BClNO3/c1-15(2)16(3,4)22-17(21-15)12(10-19-5)8-11-6-7-13(18)9-14(11)20/h6-9,19-20H,10H2,1-5H3. The molecule has 0 unspecified atom stereocenters. The van der Waals surface area contributed by atoms with Crippen LogP contribution < -0.4 is 5.32 Å². The third kappa shape index (κ3) is 3.49. The van der Waals surface area contributed by atoms with Crippen molar-refractivity contribution in [3.8, 4) is 5.75 Å². The summed E-state index contributed by atoms with van der Waals surface area (Å²) in [6.45, 7) is 8.67. The third-order valence-corrected chi connectivity index (χ3v) is 4.51. The predicted octanol–water partition coefficient (Wildman–Crippen LogP) is 3.28. The smallest absolute Gasteiger partial charge is 0.491 e. The molecule has 0 aromatic heterocycles. The Labute approximate surface area is 137 Å². The highest BCUT2D eigenvalue weighted by molar-refractivity contribution is 6.56. The molecule has 4 nitrogen and oxygen atoms in total. The molecule has 0 aliphatic carbocycles. The van der Waals surface area contributed by atoms with Gasteiger partial charge in [0.15, 0.2) is 0 Å². The number of rotatable bonds is 4. The van der Waals surface area contributed by atoms with Crippen LogP contribution in [0.1, 0.15) is 33.3 Å². The van der Waals surface area contributed by atoms with Gasteiger partial charge >= 0.3 is 7.12 Å². The molecule has 1 fully saturated rings. The van der Waals surface area contributed by atoms with E-state index in [1.165, 1.54) is 6.07 Å². The van der Waals surface area contributed by atoms with E-state index in [0.717, 1.165) is 5.47 Å². The van der Waals surface area contributed by atoms with Crippen LogP contribution in [0, 0.1) is 0 Å². The third-order valence-electron chi connectivity index (χ3n) is 4.27. The van der Waals surface area contributed by atoms with Gasteiger partial charge in [0.05, 0.1) is 11.2 Å². The van der Waals surface area contributed by atoms with Crippen molar-refractivity contribution in [3.63, 3.8) is 0 Å². The monoisotopic (exact) mass is 323 g/mol. The summed E-state index contributed by atoms with van der Waals surface area (Å²) in [6.07, 6.45) is 1.88. The zero-order chi connectivity index (χ0) is 16.5. The van der Waals surface area contributed by atoms with Gasteiger partial charge in [-0.15, -0.1) is 0 Å². The fourth-order valence-corrected chi connectivity index (χ4v) is 2.41. The molecular weight excluding hydrogens is 300 g/mol. The first-order valence-corrected chi connectivity index (χ1v) is 7.73. The maximum absolute atomic E-state index is 10.0. The average molecular weight is 324 g/mol. The minimum absolute atomic E-state index is 0.137. The van der Waals surface area contributed by atoms with E-state index in [2.05, 4.69) is 5.32 Å². The fourth-order valence-electron chi connectivity index (χ4n) is 2.24. The van der Waals surface area contributed by atoms with Gasteiger partial charge in [0.25, 0.3) is 0 Å². The summed E-state index contributed by atoms with van der Waals surface area (Å²) in [5.41, 5.74) is 0.808. The first kappa shape index (κ1) is 17.4. The lowest BCUT2D eigenvalue weighted by atomic mass is 9.77. The molecule has 120 valence electrons. The summed E-state index contributed by atoms with van der Waals surface area (Å²) in [7, 11) is 1.41. The molecule has 0 atom stereocenters. The number of nitrogens with one attached hydrogen (secondary N) is 1. The van der Waals surface area contributed by atoms with Crippen molar-refractivity contribution in [3.05, 3.63) is 34.3 Å². The lowest BCUT2D eigenvalue weighted by Crippen LogP contribution is -2.41. The number of phenols is 1. The highest BCUT2D eigenvalue weighted by Crippen LogP contribution is 2.39. The Morgan fingerprint density at radius 1 is 1.27 bits per heavy atom. The lowest BCUT2D eigenvalue weighted by Gasteiger charge is -2.32. The zero-order valence-corrected chi connectivity index (χ0v) is 14.5. The maximum Gasteiger partial charge on any atom is 0.491 e. The van der Waals surface area contributed by atoms with Crippen LogP contribution in [0.4, 0.5) is 0 Å². The van der Waals surface area contributed by atoms with Gasteiger partial charge in [0.2, 0.25) is 0 Å². The molecule has 1 saturated heterocycles. The first-order valence-electron chi connectivity index (χ1n) is 7.35. The van der Waals surface area contributed by atoms with E-state index in [1.54, 1.807) is 12.1 Å². The summed E-state index contributed by atoms with van der Waals surface area (Å²) in [6, 6.07) is 5.04. The minimum Gasteiger partial charge on any atom is -0.507 e. The van der Waals surface area contributed by atoms with Crippen molar-refractivity contribution in [2.45, 2.75) is 38.9 Å². The normalized spacial score (nSPS) is 20.5. The Bertz CT molecular complexity index is 571. The second-order valence-electron chi connectivity index (χ2n) is 6.54. The van der Waals surface area contributed by atoms with Gasteiger partial charge in [-0.2, -0.15) is 0 Å². The van der Waals surface area contributed by atoms with Crippen LogP contribution >= 0.6 is 11.6 Å². The topological polar surface area (TPSA) is 50.7 Å². The molecule has 2 rings (SSSR count). The molecule has 0 spiro atoms. The van der Waals surface area contributed by atoms with Crippen molar-refractivity contribution in [2.24, 2.45) is 0 Å². The Hall–Kier alpha value is -1.01. The van der Waals surface area contributed by atoms with E-state index in [1.807, 2.05) is 40.8 Å². The number of aromatic hydroxyl groups is 1. The van der Waals surface area contributed by atoms with Crippen LogP contribution in [0.5, 0.6) is 5.75 Å². The second kappa shape index (κ2) is 6.24. The van der Waals surface area contributed by atoms with Crippen LogP contribution in [0.2, 0.25) is 5.02 Å². The van der Waals surface area contributed by atoms with Crippen molar-refractivity contribution in [1.82, 2.24) is 5.32 Å². The molecule has 6 heteroatoms. The van der Waals surface area contributed by atoms with Gasteiger partial charge in [0.1, 0.15) is 5.75 Å². The second-order valence-corrected chi connectivity index (χ2v) is 6.98. The molecule has 22 heavy (non-hydrogen) atoms. The maximum atomic E-state index is 10.0. The summed E-state index contributed by atoms with van der Waals surface area (Å²) in [5.74, 6) is 0.137. The van der Waals surface area contributed by atoms with Crippen LogP contribution in [0.15, 0.2) is 23.7 Å². The molecular formula is C16H23BClNO3. The number of phenolic OH excluding ortho intramolecular Hbond substituents is 1. The molecule has 0 amide bonds. The Kier molecular flexibility index (Phi) is 4.92. The molecule has 1 heterocycles. The summed E-state index contributed by atoms with van der Waals surface area (Å²) in [4.78, 5) is 0. The lowest BCUT2D eigenvalue weighted by molar-refractivity contribution is 0.00578. The number of hydrogen-bond acceptors (Lipinski definition) is 4. The molecule has 1 aromatic rings. The summed E-state index contributed by atoms with van der Waals surface area (Å²) < 4.78 is 12.2. The van der Waals surface area contributed by atoms with Gasteiger partial charge < -0.3 is 19.7 Å². The van der Waals surface area contributed by atoms with Crippen molar-refractivity contribution in [1.29, 1.82) is 0 Å². The fraction of sp³-hybridized carbons (Fsp3) is 0.500. The highest BCUT2D eigenvalue weighted by atomic mass is 35.5. The molecule has 0 bridgehead atoms. The Balaban J connectivity index is 2.33. The number of likely N-dealkylation sites (N-methyl/N-ethyl adjacent to an activating group) is 1. The van der Waals surface area contributed by atoms with E-state index >= 15 is 0 Å². The molecule has 1 aliphatic rings. The molecule has 1 aromatic carbocycles. The summed E-state index contributed by atoms with van der Waals surface area (Å²) in [5, 5.41) is 13.6. The van der Waals surface area contributed by atoms with Crippen LogP contribution in [0.25, 0.3) is 6.08 Å². The van der Waals surface area contributed by atoms with Crippen LogP contribution in [0.3, 0.4) is 0 Å². The van der Waals surface area contributed by atoms with Crippen LogP contribution in [-0.2, 0) is 9.31 Å². The SMILES string of the molecule is CNCC(=Cc1ccc(Cl)cc1O)B1OC(C)(C)C(C)(C)O1. The highest BCUT2D eigenvalue weighted by Gasteiger charge is 2.52. The molecule has 0 radical (unpaired) electrons. The number of hydrogen-bond donors (Lipinski definition) is 2. The summed E-state index contributed by atoms with van der Waals surface area (Å²) >= 11 is 5.87. The zero-order valence-electron chi connectivity index (χ0n) is 13.7. The van der Waals surface area contributed by atoms with Gasteiger partial charge in [-0.1, -0.05) is 17.7 Å². The van der Waals surface area contributed by atoms with Gasteiger partial charge in [0, 0.05) is 17.1 Å². The molecule has 1 aliphatic heterocycles. The first-order chi connectivity index (χ1) is 10.2. The van der Waals surface area contributed by atoms with Gasteiger partial charge in [-0.25, -0.2) is 0 Å². The van der Waals surface area contributed by atoms with E-state index in [4.69, 9.17) is 20.9 Å². The van der Waals surface area contributed by atoms with Crippen molar-refractivity contribution < 1.29 is 14.4 Å². The Morgan fingerprint density at radius 2 is 1.86 bits per heavy atom. The van der Waals surface area contributed by atoms with Crippen molar-refractivity contribution >= 4 is 24.8 Å². The van der Waals surface area contributed by atoms with Gasteiger partial charge in [-0.3, -0.25) is 0 Å². The average Bonchev–Trinajstić information content (AvgIpc) is 2.61. The van der Waals surface area contributed by atoms with Gasteiger partial charge in [-0.05, 0) is 58.4 Å². The minimum atomic E-state index is -0.451. The quantitative estimate of drug-likeness (QED) is 0.835. The van der Waals surface area contributed by atoms with E-state index in [-0.39, 0.29) is 5.75 Å². The largest absolute Gasteiger partial charge is 0.507 e. The Morgan fingerprint density at radius 3 is 2.36 bits per heavy atom. The van der Waals surface area contributed by atoms with E-state index in [0.29, 0.717) is 17.1 Å². The number of benzene rings is 1. The van der Waals surface area contributed by atoms with Crippen LogP contribution in [-0.4, -0.2) is 37.0 Å². The molecule has 0 saturated carbocycles. The number of halogens is 1. The van der Waals surface area contributed by atoms with E-state index in [9.17, 15) is 5.11 Å². The molecule has 2 N–H and O–H groups in total.